The lowest BCUT2D eigenvalue weighted by molar-refractivity contribution is 0.191. The molecule has 0 saturated carbocycles. The number of aryl methyl sites for hydroxylation is 2. The van der Waals surface area contributed by atoms with Gasteiger partial charge in [-0.3, -0.25) is 0 Å². The molecule has 6 nitrogen and oxygen atoms in total. The van der Waals surface area contributed by atoms with E-state index < -0.39 is 0 Å². The Morgan fingerprint density at radius 3 is 2.69 bits per heavy atom. The molecule has 1 aromatic carbocycles. The number of fused-ring (bicyclic) bond motifs is 1. The molecule has 7 heteroatoms. The summed E-state index contributed by atoms with van der Waals surface area (Å²) in [7, 11) is 2.19. The Morgan fingerprint density at radius 1 is 1.24 bits per heavy atom. The van der Waals surface area contributed by atoms with E-state index in [1.165, 1.54) is 12.8 Å². The molecule has 154 valence electrons. The fraction of sp³-hybridized carbons (Fsp3) is 0.500. The quantitative estimate of drug-likeness (QED) is 0.660. The largest absolute Gasteiger partial charge is 0.338 e. The third-order valence-corrected chi connectivity index (χ3v) is 6.37. The van der Waals surface area contributed by atoms with Gasteiger partial charge in [0.05, 0.1) is 21.8 Å². The van der Waals surface area contributed by atoms with Gasteiger partial charge in [0.15, 0.2) is 0 Å². The van der Waals surface area contributed by atoms with Gasteiger partial charge in [-0.2, -0.15) is 0 Å². The molecule has 3 heterocycles. The van der Waals surface area contributed by atoms with Crippen LogP contribution < -0.4 is 5.73 Å². The molecule has 1 unspecified atom stereocenters. The first-order valence-electron chi connectivity index (χ1n) is 10.3. The third kappa shape index (κ3) is 4.15. The van der Waals surface area contributed by atoms with E-state index in [2.05, 4.69) is 23.0 Å². The highest BCUT2D eigenvalue weighted by Crippen LogP contribution is 2.34. The summed E-state index contributed by atoms with van der Waals surface area (Å²) < 4.78 is 0. The predicted octanol–water partition coefficient (Wildman–Crippen LogP) is 4.06. The van der Waals surface area contributed by atoms with Gasteiger partial charge < -0.3 is 15.6 Å². The first-order valence-corrected chi connectivity index (χ1v) is 10.7. The molecular formula is C22H29ClN6. The molecule has 0 radical (unpaired) electrons. The molecule has 0 bridgehead atoms. The first kappa shape index (κ1) is 20.3. The van der Waals surface area contributed by atoms with Crippen LogP contribution in [0.25, 0.3) is 22.4 Å². The first-order chi connectivity index (χ1) is 14.0. The molecule has 2 aromatic heterocycles. The van der Waals surface area contributed by atoms with Crippen molar-refractivity contribution in [3.8, 4) is 11.4 Å². The Labute approximate surface area is 176 Å². The van der Waals surface area contributed by atoms with Crippen molar-refractivity contribution in [2.24, 2.45) is 11.7 Å². The average molecular weight is 413 g/mol. The van der Waals surface area contributed by atoms with Crippen molar-refractivity contribution < 1.29 is 0 Å². The smallest absolute Gasteiger partial charge is 0.141 e. The Bertz CT molecular complexity index is 1010. The minimum absolute atomic E-state index is 0.314. The number of likely N-dealkylation sites (tertiary alicyclic amines) is 1. The molecule has 0 spiro atoms. The number of aromatic amines is 1. The number of aromatic nitrogens is 4. The van der Waals surface area contributed by atoms with Crippen molar-refractivity contribution in [3.05, 3.63) is 40.4 Å². The molecule has 4 rings (SSSR count). The molecule has 1 fully saturated rings. The number of benzene rings is 1. The van der Waals surface area contributed by atoms with Crippen LogP contribution in [0, 0.1) is 19.8 Å². The van der Waals surface area contributed by atoms with E-state index in [1.807, 2.05) is 26.1 Å². The van der Waals surface area contributed by atoms with Crippen molar-refractivity contribution in [3.63, 3.8) is 0 Å². The fourth-order valence-electron chi connectivity index (χ4n) is 4.42. The zero-order valence-corrected chi connectivity index (χ0v) is 18.1. The third-order valence-electron chi connectivity index (χ3n) is 6.08. The topological polar surface area (TPSA) is 83.7 Å². The highest BCUT2D eigenvalue weighted by atomic mass is 35.5. The molecule has 1 saturated heterocycles. The molecule has 1 aliphatic rings. The molecule has 0 amide bonds. The molecule has 0 aliphatic carbocycles. The van der Waals surface area contributed by atoms with Crippen LogP contribution in [-0.2, 0) is 0 Å². The van der Waals surface area contributed by atoms with Crippen LogP contribution in [0.4, 0.5) is 0 Å². The van der Waals surface area contributed by atoms with Crippen LogP contribution in [0.5, 0.6) is 0 Å². The van der Waals surface area contributed by atoms with Crippen LogP contribution in [0.15, 0.2) is 18.3 Å². The van der Waals surface area contributed by atoms with E-state index in [9.17, 15) is 0 Å². The number of nitrogens with one attached hydrogen (secondary N) is 1. The molecular weight excluding hydrogens is 384 g/mol. The summed E-state index contributed by atoms with van der Waals surface area (Å²) in [5.41, 5.74) is 10.6. The number of piperidine rings is 1. The van der Waals surface area contributed by atoms with Gasteiger partial charge >= 0.3 is 0 Å². The maximum atomic E-state index is 6.37. The molecule has 3 N–H and O–H groups in total. The van der Waals surface area contributed by atoms with Crippen LogP contribution in [-0.4, -0.2) is 51.5 Å². The number of halogens is 1. The Hall–Kier alpha value is -2.02. The molecule has 1 aliphatic heterocycles. The lowest BCUT2D eigenvalue weighted by Gasteiger charge is -2.33. The molecule has 3 aromatic rings. The van der Waals surface area contributed by atoms with E-state index in [0.717, 1.165) is 59.0 Å². The number of rotatable bonds is 5. The number of hydrogen-bond acceptors (Lipinski definition) is 5. The van der Waals surface area contributed by atoms with Gasteiger partial charge in [-0.25, -0.2) is 15.0 Å². The Kier molecular flexibility index (Phi) is 5.86. The van der Waals surface area contributed by atoms with Crippen LogP contribution in [0.1, 0.15) is 42.3 Å². The zero-order valence-electron chi connectivity index (χ0n) is 17.4. The second kappa shape index (κ2) is 8.38. The second-order valence-corrected chi connectivity index (χ2v) is 8.69. The average Bonchev–Trinajstić information content (AvgIpc) is 3.11. The van der Waals surface area contributed by atoms with E-state index in [4.69, 9.17) is 32.3 Å². The SMILES string of the molecule is Cc1cc(Cl)c2nc(-c3cnc(C(CCN)C4CCN(C)CC4)nc3C)[nH]c2c1. The van der Waals surface area contributed by atoms with Gasteiger partial charge in [0.25, 0.3) is 0 Å². The Balaban J connectivity index is 1.65. The fourth-order valence-corrected chi connectivity index (χ4v) is 4.74. The maximum Gasteiger partial charge on any atom is 0.141 e. The second-order valence-electron chi connectivity index (χ2n) is 8.28. The maximum absolute atomic E-state index is 6.37. The highest BCUT2D eigenvalue weighted by Gasteiger charge is 2.28. The lowest BCUT2D eigenvalue weighted by atomic mass is 9.81. The molecule has 29 heavy (non-hydrogen) atoms. The number of nitrogens with two attached hydrogens (primary N) is 1. The van der Waals surface area contributed by atoms with Crippen molar-refractivity contribution in [1.29, 1.82) is 0 Å². The van der Waals surface area contributed by atoms with E-state index in [1.54, 1.807) is 0 Å². The predicted molar refractivity (Wildman–Crippen MR) is 118 cm³/mol. The minimum Gasteiger partial charge on any atom is -0.338 e. The highest BCUT2D eigenvalue weighted by molar-refractivity contribution is 6.35. The lowest BCUT2D eigenvalue weighted by Crippen LogP contribution is -2.33. The molecule has 1 atom stereocenters. The monoisotopic (exact) mass is 412 g/mol. The number of H-pyrrole nitrogens is 1. The van der Waals surface area contributed by atoms with Gasteiger partial charge in [0.2, 0.25) is 0 Å². The summed E-state index contributed by atoms with van der Waals surface area (Å²) in [6, 6.07) is 3.99. The van der Waals surface area contributed by atoms with Crippen LogP contribution in [0.2, 0.25) is 5.02 Å². The standard InChI is InChI=1S/C22H29ClN6/c1-13-10-18(23)20-19(11-13)27-22(28-20)17-12-25-21(26-14(17)2)16(4-7-24)15-5-8-29(3)9-6-15/h10-12,15-16H,4-9,24H2,1-3H3,(H,27,28). The summed E-state index contributed by atoms with van der Waals surface area (Å²) in [4.78, 5) is 20.1. The summed E-state index contributed by atoms with van der Waals surface area (Å²) in [6.07, 6.45) is 5.17. The summed E-state index contributed by atoms with van der Waals surface area (Å²) in [5.74, 6) is 2.57. The number of nitrogens with zero attached hydrogens (tertiary/aromatic N) is 4. The van der Waals surface area contributed by atoms with E-state index in [-0.39, 0.29) is 0 Å². The van der Waals surface area contributed by atoms with Crippen LogP contribution in [0.3, 0.4) is 0 Å². The van der Waals surface area contributed by atoms with E-state index in [0.29, 0.717) is 23.4 Å². The van der Waals surface area contributed by atoms with Gasteiger partial charge in [0, 0.05) is 12.1 Å². The van der Waals surface area contributed by atoms with Crippen molar-refractivity contribution in [2.45, 2.75) is 39.0 Å². The van der Waals surface area contributed by atoms with Gasteiger partial charge in [-0.05, 0) is 83.4 Å². The van der Waals surface area contributed by atoms with Gasteiger partial charge in [-0.15, -0.1) is 0 Å². The normalized spacial score (nSPS) is 17.1. The zero-order chi connectivity index (χ0) is 20.5. The number of imidazole rings is 1. The van der Waals surface area contributed by atoms with Crippen LogP contribution >= 0.6 is 11.6 Å². The van der Waals surface area contributed by atoms with Gasteiger partial charge in [-0.1, -0.05) is 11.6 Å². The summed E-state index contributed by atoms with van der Waals surface area (Å²) in [6.45, 7) is 6.96. The summed E-state index contributed by atoms with van der Waals surface area (Å²) in [5, 5.41) is 0.656. The van der Waals surface area contributed by atoms with Crippen molar-refractivity contribution in [1.82, 2.24) is 24.8 Å². The summed E-state index contributed by atoms with van der Waals surface area (Å²) >= 11 is 6.37. The van der Waals surface area contributed by atoms with Crippen molar-refractivity contribution >= 4 is 22.6 Å². The van der Waals surface area contributed by atoms with Crippen molar-refractivity contribution in [2.75, 3.05) is 26.7 Å². The van der Waals surface area contributed by atoms with Gasteiger partial charge in [0.1, 0.15) is 17.2 Å². The van der Waals surface area contributed by atoms with E-state index >= 15 is 0 Å². The minimum atomic E-state index is 0.314. The Morgan fingerprint density at radius 2 is 2.00 bits per heavy atom. The number of hydrogen-bond donors (Lipinski definition) is 2.